The third-order valence-electron chi connectivity index (χ3n) is 3.79. The molecule has 4 heteroatoms. The van der Waals surface area contributed by atoms with E-state index in [9.17, 15) is 9.90 Å². The molecule has 0 spiro atoms. The van der Waals surface area contributed by atoms with Crippen LogP contribution in [0.3, 0.4) is 0 Å². The first-order chi connectivity index (χ1) is 10.1. The van der Waals surface area contributed by atoms with Crippen LogP contribution >= 0.6 is 0 Å². The number of anilines is 1. The van der Waals surface area contributed by atoms with E-state index in [1.807, 2.05) is 30.3 Å². The molecule has 2 aromatic rings. The fourth-order valence-electron chi connectivity index (χ4n) is 2.32. The molecule has 0 radical (unpaired) electrons. The van der Waals surface area contributed by atoms with Gasteiger partial charge in [-0.2, -0.15) is 0 Å². The van der Waals surface area contributed by atoms with Gasteiger partial charge in [0.05, 0.1) is 6.61 Å². The minimum Gasteiger partial charge on any atom is -0.508 e. The molecule has 1 saturated heterocycles. The topological polar surface area (TPSA) is 61.9 Å². The maximum atomic E-state index is 12.4. The summed E-state index contributed by atoms with van der Waals surface area (Å²) in [6.07, 6.45) is 0.553. The number of epoxide rings is 1. The minimum absolute atomic E-state index is 0.167. The highest BCUT2D eigenvalue weighted by atomic mass is 16.6. The number of aromatic hydroxyl groups is 1. The van der Waals surface area contributed by atoms with Crippen LogP contribution in [-0.4, -0.2) is 23.2 Å². The summed E-state index contributed by atoms with van der Waals surface area (Å²) in [5, 5.41) is 12.5. The van der Waals surface area contributed by atoms with Gasteiger partial charge in [-0.1, -0.05) is 36.4 Å². The first-order valence-electron chi connectivity index (χ1n) is 6.89. The molecule has 1 atom stereocenters. The van der Waals surface area contributed by atoms with Gasteiger partial charge >= 0.3 is 0 Å². The molecule has 3 rings (SSSR count). The zero-order chi connectivity index (χ0) is 14.9. The number of nitrogens with one attached hydrogen (secondary N) is 1. The molecule has 0 aromatic heterocycles. The Hall–Kier alpha value is -2.33. The summed E-state index contributed by atoms with van der Waals surface area (Å²) in [4.78, 5) is 12.4. The molecule has 4 nitrogen and oxygen atoms in total. The molecule has 1 amide bonds. The van der Waals surface area contributed by atoms with Gasteiger partial charge in [0.2, 0.25) is 0 Å². The van der Waals surface area contributed by atoms with Crippen LogP contribution in [0, 0.1) is 6.92 Å². The van der Waals surface area contributed by atoms with E-state index in [2.05, 4.69) is 5.32 Å². The van der Waals surface area contributed by atoms with Gasteiger partial charge in [0.15, 0.2) is 5.60 Å². The Bertz CT molecular complexity index is 663. The fourth-order valence-corrected chi connectivity index (χ4v) is 2.32. The molecule has 0 aliphatic carbocycles. The third-order valence-corrected chi connectivity index (χ3v) is 3.79. The number of phenolic OH excluding ortho intramolecular Hbond substituents is 1. The van der Waals surface area contributed by atoms with Crippen molar-refractivity contribution in [1.82, 2.24) is 0 Å². The lowest BCUT2D eigenvalue weighted by molar-refractivity contribution is -0.121. The lowest BCUT2D eigenvalue weighted by Gasteiger charge is -2.14. The van der Waals surface area contributed by atoms with Crippen LogP contribution in [0.2, 0.25) is 0 Å². The molecule has 2 N–H and O–H groups in total. The van der Waals surface area contributed by atoms with Crippen LogP contribution in [0.25, 0.3) is 0 Å². The lowest BCUT2D eigenvalue weighted by atomic mass is 9.99. The number of carbonyl (C=O) groups is 1. The smallest absolute Gasteiger partial charge is 0.259 e. The Morgan fingerprint density at radius 2 is 1.95 bits per heavy atom. The SMILES string of the molecule is Cc1c(O)cccc1NC(=O)[C@]1(Cc2ccccc2)CO1. The van der Waals surface area contributed by atoms with Gasteiger partial charge in [0.25, 0.3) is 5.91 Å². The third kappa shape index (κ3) is 2.76. The molecule has 0 saturated carbocycles. The largest absolute Gasteiger partial charge is 0.508 e. The molecule has 1 heterocycles. The summed E-state index contributed by atoms with van der Waals surface area (Å²) in [6.45, 7) is 2.19. The van der Waals surface area contributed by atoms with E-state index in [0.717, 1.165) is 5.56 Å². The fraction of sp³-hybridized carbons (Fsp3) is 0.235. The molecule has 1 aliphatic heterocycles. The molecular weight excluding hydrogens is 266 g/mol. The van der Waals surface area contributed by atoms with Gasteiger partial charge in [0, 0.05) is 17.7 Å². The summed E-state index contributed by atoms with van der Waals surface area (Å²) >= 11 is 0. The van der Waals surface area contributed by atoms with Crippen molar-refractivity contribution in [2.45, 2.75) is 18.9 Å². The number of benzene rings is 2. The molecule has 1 fully saturated rings. The van der Waals surface area contributed by atoms with E-state index in [1.165, 1.54) is 0 Å². The van der Waals surface area contributed by atoms with Crippen molar-refractivity contribution in [3.63, 3.8) is 0 Å². The standard InChI is InChI=1S/C17H17NO3/c1-12-14(8-5-9-15(12)19)18-16(20)17(11-21-17)10-13-6-3-2-4-7-13/h2-9,19H,10-11H2,1H3,(H,18,20)/t17-/m0/s1. The predicted molar refractivity (Wildman–Crippen MR) is 80.3 cm³/mol. The average molecular weight is 283 g/mol. The van der Waals surface area contributed by atoms with Crippen LogP contribution in [0.15, 0.2) is 48.5 Å². The number of phenols is 1. The maximum Gasteiger partial charge on any atom is 0.259 e. The number of amides is 1. The van der Waals surface area contributed by atoms with E-state index in [0.29, 0.717) is 24.3 Å². The Labute approximate surface area is 123 Å². The molecule has 108 valence electrons. The molecule has 0 unspecified atom stereocenters. The summed E-state index contributed by atoms with van der Waals surface area (Å²) < 4.78 is 5.43. The summed E-state index contributed by atoms with van der Waals surface area (Å²) in [6, 6.07) is 14.9. The van der Waals surface area contributed by atoms with Crippen LogP contribution in [-0.2, 0) is 16.0 Å². The van der Waals surface area contributed by atoms with Gasteiger partial charge in [-0.05, 0) is 24.6 Å². The van der Waals surface area contributed by atoms with Crippen molar-refractivity contribution in [3.05, 3.63) is 59.7 Å². The van der Waals surface area contributed by atoms with Gasteiger partial charge in [0.1, 0.15) is 5.75 Å². The average Bonchev–Trinajstić information content (AvgIpc) is 3.26. The second-order valence-electron chi connectivity index (χ2n) is 5.35. The number of hydrogen-bond donors (Lipinski definition) is 2. The van der Waals surface area contributed by atoms with Crippen molar-refractivity contribution in [1.29, 1.82) is 0 Å². The molecule has 1 aliphatic rings. The predicted octanol–water partition coefficient (Wildman–Crippen LogP) is 2.65. The Kier molecular flexibility index (Phi) is 3.39. The Morgan fingerprint density at radius 1 is 1.24 bits per heavy atom. The summed E-state index contributed by atoms with van der Waals surface area (Å²) in [5.74, 6) is 0.00155. The normalized spacial score (nSPS) is 20.0. The zero-order valence-electron chi connectivity index (χ0n) is 11.8. The lowest BCUT2D eigenvalue weighted by Crippen LogP contribution is -2.33. The van der Waals surface area contributed by atoms with Gasteiger partial charge in [-0.25, -0.2) is 0 Å². The Balaban J connectivity index is 1.75. The van der Waals surface area contributed by atoms with Crippen molar-refractivity contribution >= 4 is 11.6 Å². The highest BCUT2D eigenvalue weighted by Gasteiger charge is 2.52. The Morgan fingerprint density at radius 3 is 2.62 bits per heavy atom. The zero-order valence-corrected chi connectivity index (χ0v) is 11.8. The van der Waals surface area contributed by atoms with Crippen molar-refractivity contribution < 1.29 is 14.6 Å². The van der Waals surface area contributed by atoms with Gasteiger partial charge in [-0.15, -0.1) is 0 Å². The first-order valence-corrected chi connectivity index (χ1v) is 6.89. The highest BCUT2D eigenvalue weighted by Crippen LogP contribution is 2.34. The van der Waals surface area contributed by atoms with Crippen LogP contribution in [0.4, 0.5) is 5.69 Å². The second-order valence-corrected chi connectivity index (χ2v) is 5.35. The van der Waals surface area contributed by atoms with E-state index in [1.54, 1.807) is 25.1 Å². The number of rotatable bonds is 4. The summed E-state index contributed by atoms with van der Waals surface area (Å²) in [7, 11) is 0. The first kappa shape index (κ1) is 13.6. The van der Waals surface area contributed by atoms with E-state index in [4.69, 9.17) is 4.74 Å². The number of carbonyl (C=O) groups excluding carboxylic acids is 1. The number of ether oxygens (including phenoxy) is 1. The quantitative estimate of drug-likeness (QED) is 0.848. The van der Waals surface area contributed by atoms with Gasteiger partial charge < -0.3 is 15.2 Å². The molecular formula is C17H17NO3. The van der Waals surface area contributed by atoms with Crippen LogP contribution in [0.1, 0.15) is 11.1 Å². The van der Waals surface area contributed by atoms with E-state index in [-0.39, 0.29) is 11.7 Å². The second kappa shape index (κ2) is 5.22. The molecule has 21 heavy (non-hydrogen) atoms. The van der Waals surface area contributed by atoms with E-state index < -0.39 is 5.60 Å². The molecule has 2 aromatic carbocycles. The van der Waals surface area contributed by atoms with Crippen molar-refractivity contribution in [2.75, 3.05) is 11.9 Å². The van der Waals surface area contributed by atoms with E-state index >= 15 is 0 Å². The number of hydrogen-bond acceptors (Lipinski definition) is 3. The summed E-state index contributed by atoms with van der Waals surface area (Å²) in [5.41, 5.74) is 1.56. The maximum absolute atomic E-state index is 12.4. The van der Waals surface area contributed by atoms with Gasteiger partial charge in [-0.3, -0.25) is 4.79 Å². The van der Waals surface area contributed by atoms with Crippen LogP contribution in [0.5, 0.6) is 5.75 Å². The molecule has 0 bridgehead atoms. The van der Waals surface area contributed by atoms with Crippen LogP contribution < -0.4 is 5.32 Å². The highest BCUT2D eigenvalue weighted by molar-refractivity contribution is 6.00. The monoisotopic (exact) mass is 283 g/mol. The minimum atomic E-state index is -0.779. The van der Waals surface area contributed by atoms with Crippen molar-refractivity contribution in [2.24, 2.45) is 0 Å². The van der Waals surface area contributed by atoms with Crippen molar-refractivity contribution in [3.8, 4) is 5.75 Å².